The molecule has 1 aliphatic heterocycles. The van der Waals surface area contributed by atoms with Crippen LogP contribution in [0.25, 0.3) is 0 Å². The van der Waals surface area contributed by atoms with E-state index in [9.17, 15) is 9.90 Å². The van der Waals surface area contributed by atoms with E-state index in [2.05, 4.69) is 9.97 Å². The second-order valence-electron chi connectivity index (χ2n) is 4.77. The zero-order valence-corrected chi connectivity index (χ0v) is 9.61. The van der Waals surface area contributed by atoms with Crippen LogP contribution in [0.15, 0.2) is 0 Å². The van der Waals surface area contributed by atoms with E-state index in [-0.39, 0.29) is 6.10 Å². The Kier molecular flexibility index (Phi) is 2.63. The van der Waals surface area contributed by atoms with Crippen LogP contribution in [0, 0.1) is 0 Å². The van der Waals surface area contributed by atoms with Gasteiger partial charge >= 0.3 is 5.97 Å². The predicted molar refractivity (Wildman–Crippen MR) is 59.8 cm³/mol. The first kappa shape index (κ1) is 10.8. The smallest absolute Gasteiger partial charge is 0.312 e. The lowest BCUT2D eigenvalue weighted by Gasteiger charge is -2.16. The minimum absolute atomic E-state index is 0.0371. The van der Waals surface area contributed by atoms with E-state index in [4.69, 9.17) is 4.74 Å². The van der Waals surface area contributed by atoms with E-state index < -0.39 is 11.9 Å². The van der Waals surface area contributed by atoms with Crippen LogP contribution in [-0.2, 0) is 16.0 Å². The van der Waals surface area contributed by atoms with Gasteiger partial charge < -0.3 is 14.8 Å². The fourth-order valence-corrected chi connectivity index (χ4v) is 2.73. The van der Waals surface area contributed by atoms with Crippen molar-refractivity contribution in [3.8, 4) is 0 Å². The summed E-state index contributed by atoms with van der Waals surface area (Å²) < 4.78 is 5.57. The van der Waals surface area contributed by atoms with Crippen LogP contribution in [0.3, 0.4) is 0 Å². The monoisotopic (exact) mass is 236 g/mol. The number of carboxylic acids is 1. The van der Waals surface area contributed by atoms with E-state index in [1.807, 2.05) is 0 Å². The molecule has 3 rings (SSSR count). The van der Waals surface area contributed by atoms with Gasteiger partial charge in [-0.1, -0.05) is 0 Å². The Morgan fingerprint density at radius 2 is 2.29 bits per heavy atom. The van der Waals surface area contributed by atoms with Crippen LogP contribution >= 0.6 is 0 Å². The SMILES string of the molecule is O=C(O)C1CCCc2[nH]c(C3CCCO3)nc21. The molecule has 1 aliphatic carbocycles. The van der Waals surface area contributed by atoms with Gasteiger partial charge in [0.25, 0.3) is 0 Å². The molecule has 2 atom stereocenters. The van der Waals surface area contributed by atoms with Crippen LogP contribution in [0.1, 0.15) is 54.9 Å². The lowest BCUT2D eigenvalue weighted by molar-refractivity contribution is -0.139. The zero-order valence-electron chi connectivity index (χ0n) is 9.61. The summed E-state index contributed by atoms with van der Waals surface area (Å²) in [5, 5.41) is 9.17. The number of imidazole rings is 1. The third kappa shape index (κ3) is 1.84. The van der Waals surface area contributed by atoms with Crippen molar-refractivity contribution in [3.63, 3.8) is 0 Å². The van der Waals surface area contributed by atoms with Crippen LogP contribution < -0.4 is 0 Å². The standard InChI is InChI=1S/C12H16N2O3/c15-12(16)7-3-1-4-8-10(7)14-11(13-8)9-5-2-6-17-9/h7,9H,1-6H2,(H,13,14)(H,15,16). The van der Waals surface area contributed by atoms with Crippen LogP contribution in [0.4, 0.5) is 0 Å². The third-order valence-electron chi connectivity index (χ3n) is 3.61. The Hall–Kier alpha value is -1.36. The second-order valence-corrected chi connectivity index (χ2v) is 4.77. The molecule has 2 heterocycles. The molecule has 5 heteroatoms. The van der Waals surface area contributed by atoms with Crippen molar-refractivity contribution in [2.45, 2.75) is 44.1 Å². The van der Waals surface area contributed by atoms with Gasteiger partial charge in [0, 0.05) is 12.3 Å². The van der Waals surface area contributed by atoms with Crippen LogP contribution in [-0.4, -0.2) is 27.7 Å². The quantitative estimate of drug-likeness (QED) is 0.820. The third-order valence-corrected chi connectivity index (χ3v) is 3.61. The molecule has 0 aromatic carbocycles. The van der Waals surface area contributed by atoms with Crippen LogP contribution in [0.2, 0.25) is 0 Å². The molecule has 1 saturated heterocycles. The number of hydrogen-bond donors (Lipinski definition) is 2. The summed E-state index contributed by atoms with van der Waals surface area (Å²) in [5.41, 5.74) is 1.73. The number of aliphatic carboxylic acids is 1. The summed E-state index contributed by atoms with van der Waals surface area (Å²) >= 11 is 0. The molecular formula is C12H16N2O3. The van der Waals surface area contributed by atoms with E-state index in [1.165, 1.54) is 0 Å². The minimum atomic E-state index is -0.767. The highest BCUT2D eigenvalue weighted by Gasteiger charge is 2.31. The lowest BCUT2D eigenvalue weighted by Crippen LogP contribution is -2.17. The van der Waals surface area contributed by atoms with Gasteiger partial charge in [-0.3, -0.25) is 4.79 Å². The Morgan fingerprint density at radius 3 is 3.00 bits per heavy atom. The molecule has 0 spiro atoms. The van der Waals surface area contributed by atoms with Crippen molar-refractivity contribution in [2.24, 2.45) is 0 Å². The second kappa shape index (κ2) is 4.14. The average Bonchev–Trinajstić information content (AvgIpc) is 2.96. The Morgan fingerprint density at radius 1 is 1.41 bits per heavy atom. The molecule has 0 radical (unpaired) electrons. The van der Waals surface area contributed by atoms with E-state index in [0.717, 1.165) is 49.5 Å². The van der Waals surface area contributed by atoms with Crippen molar-refractivity contribution < 1.29 is 14.6 Å². The predicted octanol–water partition coefficient (Wildman–Crippen LogP) is 1.77. The van der Waals surface area contributed by atoms with Crippen molar-refractivity contribution in [3.05, 3.63) is 17.2 Å². The first-order chi connectivity index (χ1) is 8.25. The first-order valence-corrected chi connectivity index (χ1v) is 6.19. The van der Waals surface area contributed by atoms with Crippen LogP contribution in [0.5, 0.6) is 0 Å². The Bertz CT molecular complexity index is 435. The van der Waals surface area contributed by atoms with E-state index >= 15 is 0 Å². The zero-order chi connectivity index (χ0) is 11.8. The molecule has 1 aromatic rings. The molecule has 17 heavy (non-hydrogen) atoms. The van der Waals surface area contributed by atoms with Gasteiger partial charge in [-0.05, 0) is 32.1 Å². The fraction of sp³-hybridized carbons (Fsp3) is 0.667. The van der Waals surface area contributed by atoms with Gasteiger partial charge in [0.05, 0.1) is 5.69 Å². The van der Waals surface area contributed by atoms with Gasteiger partial charge in [0.1, 0.15) is 17.8 Å². The molecule has 1 fully saturated rings. The molecule has 0 bridgehead atoms. The van der Waals surface area contributed by atoms with Gasteiger partial charge in [0.15, 0.2) is 0 Å². The Labute approximate surface area is 99.2 Å². The maximum absolute atomic E-state index is 11.2. The number of carbonyl (C=O) groups is 1. The van der Waals surface area contributed by atoms with E-state index in [1.54, 1.807) is 0 Å². The van der Waals surface area contributed by atoms with Crippen molar-refractivity contribution >= 4 is 5.97 Å². The summed E-state index contributed by atoms with van der Waals surface area (Å²) in [6.07, 6.45) is 4.58. The summed E-state index contributed by atoms with van der Waals surface area (Å²) in [6.45, 7) is 0.776. The number of carboxylic acid groups (broad SMARTS) is 1. The molecule has 2 N–H and O–H groups in total. The van der Waals surface area contributed by atoms with Crippen molar-refractivity contribution in [2.75, 3.05) is 6.61 Å². The minimum Gasteiger partial charge on any atom is -0.481 e. The average molecular weight is 236 g/mol. The van der Waals surface area contributed by atoms with Gasteiger partial charge in [0.2, 0.25) is 0 Å². The number of H-pyrrole nitrogens is 1. The van der Waals surface area contributed by atoms with Crippen molar-refractivity contribution in [1.82, 2.24) is 9.97 Å². The summed E-state index contributed by atoms with van der Waals surface area (Å²) in [4.78, 5) is 18.9. The number of nitrogens with zero attached hydrogens (tertiary/aromatic N) is 1. The highest BCUT2D eigenvalue weighted by atomic mass is 16.5. The lowest BCUT2D eigenvalue weighted by atomic mass is 9.90. The highest BCUT2D eigenvalue weighted by Crippen LogP contribution is 2.34. The normalized spacial score (nSPS) is 28.0. The fourth-order valence-electron chi connectivity index (χ4n) is 2.73. The summed E-state index contributed by atoms with van der Waals surface area (Å²) in [5.74, 6) is -0.387. The molecule has 2 aliphatic rings. The molecule has 1 aromatic heterocycles. The number of aromatic amines is 1. The molecular weight excluding hydrogens is 220 g/mol. The number of nitrogens with one attached hydrogen (secondary N) is 1. The molecule has 5 nitrogen and oxygen atoms in total. The maximum Gasteiger partial charge on any atom is 0.312 e. The topological polar surface area (TPSA) is 75.2 Å². The van der Waals surface area contributed by atoms with Gasteiger partial charge in [-0.2, -0.15) is 0 Å². The first-order valence-electron chi connectivity index (χ1n) is 6.19. The summed E-state index contributed by atoms with van der Waals surface area (Å²) in [7, 11) is 0. The number of fused-ring (bicyclic) bond motifs is 1. The molecule has 0 saturated carbocycles. The number of aryl methyl sites for hydroxylation is 1. The number of ether oxygens (including phenoxy) is 1. The van der Waals surface area contributed by atoms with Gasteiger partial charge in [-0.15, -0.1) is 0 Å². The maximum atomic E-state index is 11.2. The number of rotatable bonds is 2. The number of aromatic nitrogens is 2. The van der Waals surface area contributed by atoms with E-state index in [0.29, 0.717) is 6.42 Å². The Balaban J connectivity index is 1.92. The molecule has 0 amide bonds. The largest absolute Gasteiger partial charge is 0.481 e. The van der Waals surface area contributed by atoms with Gasteiger partial charge in [-0.25, -0.2) is 4.98 Å². The van der Waals surface area contributed by atoms with Crippen molar-refractivity contribution in [1.29, 1.82) is 0 Å². The summed E-state index contributed by atoms with van der Waals surface area (Å²) in [6, 6.07) is 0. The number of hydrogen-bond acceptors (Lipinski definition) is 3. The molecule has 2 unspecified atom stereocenters. The molecule has 92 valence electrons. The highest BCUT2D eigenvalue weighted by molar-refractivity contribution is 5.76.